The van der Waals surface area contributed by atoms with E-state index in [0.29, 0.717) is 5.25 Å². The van der Waals surface area contributed by atoms with Crippen LogP contribution in [0.3, 0.4) is 0 Å². The molecule has 0 fully saturated rings. The number of hydrogen-bond donors (Lipinski definition) is 0. The van der Waals surface area contributed by atoms with Gasteiger partial charge in [-0.25, -0.2) is 0 Å². The highest BCUT2D eigenvalue weighted by Gasteiger charge is 2.13. The second-order valence-corrected chi connectivity index (χ2v) is 5.42. The van der Waals surface area contributed by atoms with Crippen molar-refractivity contribution in [3.8, 4) is 0 Å². The summed E-state index contributed by atoms with van der Waals surface area (Å²) < 4.78 is 1.25. The number of rotatable bonds is 2. The third kappa shape index (κ3) is 2.31. The number of thioether (sulfide) groups is 1. The number of halogens is 1. The molecule has 1 aliphatic carbocycles. The molecule has 72 valence electrons. The quantitative estimate of drug-likeness (QED) is 0.769. The van der Waals surface area contributed by atoms with Crippen LogP contribution in [0.2, 0.25) is 0 Å². The molecule has 2 rings (SSSR count). The monoisotopic (exact) mass is 266 g/mol. The molecule has 0 radical (unpaired) electrons. The van der Waals surface area contributed by atoms with E-state index in [4.69, 9.17) is 0 Å². The van der Waals surface area contributed by atoms with Crippen molar-refractivity contribution in [2.75, 3.05) is 0 Å². The molecule has 0 saturated carbocycles. The van der Waals surface area contributed by atoms with Gasteiger partial charge in [0.15, 0.2) is 0 Å². The first-order chi connectivity index (χ1) is 6.75. The molecule has 14 heavy (non-hydrogen) atoms. The minimum atomic E-state index is 0.456. The van der Waals surface area contributed by atoms with Crippen LogP contribution in [0.1, 0.15) is 5.56 Å². The van der Waals surface area contributed by atoms with E-state index >= 15 is 0 Å². The molecule has 2 heteroatoms. The Morgan fingerprint density at radius 2 is 1.93 bits per heavy atom. The van der Waals surface area contributed by atoms with Crippen LogP contribution in [0.5, 0.6) is 0 Å². The van der Waals surface area contributed by atoms with E-state index in [2.05, 4.69) is 65.3 Å². The third-order valence-corrected chi connectivity index (χ3v) is 4.37. The first kappa shape index (κ1) is 10.1. The fourth-order valence-electron chi connectivity index (χ4n) is 1.29. The van der Waals surface area contributed by atoms with Crippen molar-refractivity contribution in [2.24, 2.45) is 0 Å². The van der Waals surface area contributed by atoms with Gasteiger partial charge < -0.3 is 0 Å². The Hall–Kier alpha value is -0.470. The highest BCUT2D eigenvalue weighted by molar-refractivity contribution is 9.11. The molecule has 0 nitrogen and oxygen atoms in total. The van der Waals surface area contributed by atoms with Crippen LogP contribution in [-0.2, 0) is 0 Å². The summed E-state index contributed by atoms with van der Waals surface area (Å²) in [5, 5.41) is 0.456. The number of aryl methyl sites for hydroxylation is 1. The smallest absolute Gasteiger partial charge is 0.0593 e. The SMILES string of the molecule is Cc1ccc(SC2C=CC=C2Br)cc1. The van der Waals surface area contributed by atoms with E-state index in [9.17, 15) is 0 Å². The molecule has 1 atom stereocenters. The summed E-state index contributed by atoms with van der Waals surface area (Å²) in [6.07, 6.45) is 6.40. The standard InChI is InChI=1S/C12H11BrS/c1-9-5-7-10(8-6-9)14-12-4-2-3-11(12)13/h2-8,12H,1H3. The second-order valence-electron chi connectivity index (χ2n) is 3.29. The molecule has 0 spiro atoms. The van der Waals surface area contributed by atoms with Crippen LogP contribution in [0, 0.1) is 6.92 Å². The van der Waals surface area contributed by atoms with Gasteiger partial charge in [-0.2, -0.15) is 0 Å². The average Bonchev–Trinajstić information content (AvgIpc) is 2.56. The number of benzene rings is 1. The van der Waals surface area contributed by atoms with Gasteiger partial charge in [-0.3, -0.25) is 0 Å². The predicted molar refractivity (Wildman–Crippen MR) is 67.0 cm³/mol. The highest BCUT2D eigenvalue weighted by Crippen LogP contribution is 2.34. The van der Waals surface area contributed by atoms with Gasteiger partial charge in [-0.1, -0.05) is 51.9 Å². The van der Waals surface area contributed by atoms with Gasteiger partial charge >= 0.3 is 0 Å². The van der Waals surface area contributed by atoms with Crippen molar-refractivity contribution < 1.29 is 0 Å². The molecule has 1 aromatic carbocycles. The van der Waals surface area contributed by atoms with Crippen LogP contribution in [-0.4, -0.2) is 5.25 Å². The van der Waals surface area contributed by atoms with E-state index in [1.165, 1.54) is 14.9 Å². The first-order valence-corrected chi connectivity index (χ1v) is 6.20. The van der Waals surface area contributed by atoms with Crippen LogP contribution in [0.4, 0.5) is 0 Å². The Labute approximate surface area is 97.2 Å². The van der Waals surface area contributed by atoms with E-state index in [-0.39, 0.29) is 0 Å². The molecule has 0 amide bonds. The minimum Gasteiger partial charge on any atom is -0.113 e. The summed E-state index contributed by atoms with van der Waals surface area (Å²) >= 11 is 5.42. The summed E-state index contributed by atoms with van der Waals surface area (Å²) in [4.78, 5) is 1.32. The Balaban J connectivity index is 2.08. The summed E-state index contributed by atoms with van der Waals surface area (Å²) in [5.74, 6) is 0. The Morgan fingerprint density at radius 1 is 1.21 bits per heavy atom. The molecule has 0 saturated heterocycles. The molecular formula is C12H11BrS. The maximum Gasteiger partial charge on any atom is 0.0593 e. The fourth-order valence-corrected chi connectivity index (χ4v) is 2.83. The molecule has 0 heterocycles. The Morgan fingerprint density at radius 3 is 2.50 bits per heavy atom. The molecule has 0 aliphatic heterocycles. The fraction of sp³-hybridized carbons (Fsp3) is 0.167. The first-order valence-electron chi connectivity index (χ1n) is 4.53. The van der Waals surface area contributed by atoms with Crippen molar-refractivity contribution in [1.82, 2.24) is 0 Å². The third-order valence-electron chi connectivity index (χ3n) is 2.10. The van der Waals surface area contributed by atoms with Gasteiger partial charge in [-0.15, -0.1) is 11.8 Å². The van der Waals surface area contributed by atoms with Gasteiger partial charge in [0.25, 0.3) is 0 Å². The van der Waals surface area contributed by atoms with Gasteiger partial charge in [-0.05, 0) is 19.1 Å². The van der Waals surface area contributed by atoms with E-state index in [1.807, 2.05) is 11.8 Å². The van der Waals surface area contributed by atoms with Crippen molar-refractivity contribution in [3.05, 3.63) is 52.5 Å². The van der Waals surface area contributed by atoms with Crippen molar-refractivity contribution >= 4 is 27.7 Å². The molecule has 0 aromatic heterocycles. The van der Waals surface area contributed by atoms with Gasteiger partial charge in [0.2, 0.25) is 0 Å². The van der Waals surface area contributed by atoms with E-state index < -0.39 is 0 Å². The Bertz CT molecular complexity index is 376. The number of allylic oxidation sites excluding steroid dienone is 2. The zero-order chi connectivity index (χ0) is 9.97. The van der Waals surface area contributed by atoms with Gasteiger partial charge in [0.1, 0.15) is 0 Å². The topological polar surface area (TPSA) is 0 Å². The summed E-state index contributed by atoms with van der Waals surface area (Å²) in [6.45, 7) is 2.11. The predicted octanol–water partition coefficient (Wildman–Crippen LogP) is 4.30. The van der Waals surface area contributed by atoms with Crippen LogP contribution < -0.4 is 0 Å². The normalized spacial score (nSPS) is 19.9. The average molecular weight is 267 g/mol. The molecule has 1 aliphatic rings. The lowest BCUT2D eigenvalue weighted by Crippen LogP contribution is -1.93. The molecule has 0 bridgehead atoms. The molecular weight excluding hydrogens is 256 g/mol. The van der Waals surface area contributed by atoms with E-state index in [1.54, 1.807) is 0 Å². The lowest BCUT2D eigenvalue weighted by atomic mass is 10.2. The lowest BCUT2D eigenvalue weighted by molar-refractivity contribution is 1.35. The lowest BCUT2D eigenvalue weighted by Gasteiger charge is -2.08. The summed E-state index contributed by atoms with van der Waals surface area (Å²) in [5.41, 5.74) is 1.31. The van der Waals surface area contributed by atoms with Crippen molar-refractivity contribution in [1.29, 1.82) is 0 Å². The Kier molecular flexibility index (Phi) is 3.14. The van der Waals surface area contributed by atoms with Crippen molar-refractivity contribution in [2.45, 2.75) is 17.1 Å². The largest absolute Gasteiger partial charge is 0.113 e. The zero-order valence-corrected chi connectivity index (χ0v) is 10.3. The maximum absolute atomic E-state index is 3.55. The van der Waals surface area contributed by atoms with Crippen LogP contribution >= 0.6 is 27.7 Å². The molecule has 1 aromatic rings. The molecule has 0 N–H and O–H groups in total. The van der Waals surface area contributed by atoms with E-state index in [0.717, 1.165) is 0 Å². The summed E-state index contributed by atoms with van der Waals surface area (Å²) in [6, 6.07) is 8.65. The second kappa shape index (κ2) is 4.37. The maximum atomic E-state index is 3.55. The number of hydrogen-bond acceptors (Lipinski definition) is 1. The molecule has 1 unspecified atom stereocenters. The zero-order valence-electron chi connectivity index (χ0n) is 7.91. The van der Waals surface area contributed by atoms with Crippen molar-refractivity contribution in [3.63, 3.8) is 0 Å². The summed E-state index contributed by atoms with van der Waals surface area (Å²) in [7, 11) is 0. The van der Waals surface area contributed by atoms with Gasteiger partial charge in [0, 0.05) is 9.38 Å². The highest BCUT2D eigenvalue weighted by atomic mass is 79.9. The van der Waals surface area contributed by atoms with Crippen LogP contribution in [0.25, 0.3) is 0 Å². The minimum absolute atomic E-state index is 0.456. The van der Waals surface area contributed by atoms with Gasteiger partial charge in [0.05, 0.1) is 5.25 Å². The van der Waals surface area contributed by atoms with Crippen LogP contribution in [0.15, 0.2) is 51.9 Å².